The Morgan fingerprint density at radius 2 is 2.17 bits per heavy atom. The number of furan rings is 1. The lowest BCUT2D eigenvalue weighted by atomic mass is 10.1. The lowest BCUT2D eigenvalue weighted by Gasteiger charge is -2.27. The van der Waals surface area contributed by atoms with Crippen molar-refractivity contribution in [3.8, 4) is 5.88 Å². The van der Waals surface area contributed by atoms with Gasteiger partial charge in [-0.1, -0.05) is 18.3 Å². The maximum Gasteiger partial charge on any atom is 0.230 e. The number of aromatic nitrogens is 3. The fourth-order valence-electron chi connectivity index (χ4n) is 2.70. The summed E-state index contributed by atoms with van der Waals surface area (Å²) < 4.78 is 7.25. The van der Waals surface area contributed by atoms with Gasteiger partial charge in [0.2, 0.25) is 10.8 Å². The number of aliphatic hydroxyl groups excluding tert-OH is 1. The van der Waals surface area contributed by atoms with E-state index in [1.54, 1.807) is 6.92 Å². The molecule has 3 aromatic heterocycles. The highest BCUT2D eigenvalue weighted by Crippen LogP contribution is 2.40. The Morgan fingerprint density at radius 1 is 1.39 bits per heavy atom. The number of hydrogen-bond donors (Lipinski definition) is 2. The van der Waals surface area contributed by atoms with Gasteiger partial charge in [-0.25, -0.2) is 4.98 Å². The molecular formula is C15H20N4O3S. The third-order valence-electron chi connectivity index (χ3n) is 3.74. The van der Waals surface area contributed by atoms with E-state index in [-0.39, 0.29) is 18.5 Å². The van der Waals surface area contributed by atoms with Crippen molar-refractivity contribution in [2.45, 2.75) is 26.8 Å². The van der Waals surface area contributed by atoms with Crippen LogP contribution in [-0.2, 0) is 0 Å². The van der Waals surface area contributed by atoms with Gasteiger partial charge in [0.1, 0.15) is 23.4 Å². The van der Waals surface area contributed by atoms with E-state index < -0.39 is 0 Å². The number of thiazole rings is 1. The summed E-state index contributed by atoms with van der Waals surface area (Å²) in [5.74, 6) is 2.22. The minimum absolute atomic E-state index is 0.0324. The third kappa shape index (κ3) is 2.85. The number of rotatable bonds is 6. The van der Waals surface area contributed by atoms with Crippen LogP contribution < -0.4 is 0 Å². The van der Waals surface area contributed by atoms with Crippen LogP contribution in [0.1, 0.15) is 35.2 Å². The molecule has 23 heavy (non-hydrogen) atoms. The molecule has 3 rings (SSSR count). The zero-order chi connectivity index (χ0) is 16.6. The Kier molecular flexibility index (Phi) is 4.38. The SMILES string of the molecule is CCN(CCO)C(c1ccc(C)o1)c1sc2nc(C)nn2c1O. The molecule has 0 amide bonds. The van der Waals surface area contributed by atoms with Crippen molar-refractivity contribution in [1.29, 1.82) is 0 Å². The van der Waals surface area contributed by atoms with E-state index in [0.29, 0.717) is 28.8 Å². The molecule has 0 aliphatic heterocycles. The van der Waals surface area contributed by atoms with E-state index in [9.17, 15) is 10.2 Å². The van der Waals surface area contributed by atoms with E-state index in [0.717, 1.165) is 11.5 Å². The first-order valence-electron chi connectivity index (χ1n) is 7.51. The fraction of sp³-hybridized carbons (Fsp3) is 0.467. The number of nitrogens with zero attached hydrogens (tertiary/aromatic N) is 4. The Labute approximate surface area is 137 Å². The summed E-state index contributed by atoms with van der Waals surface area (Å²) in [5, 5.41) is 24.2. The van der Waals surface area contributed by atoms with Crippen LogP contribution in [0.3, 0.4) is 0 Å². The highest BCUT2D eigenvalue weighted by molar-refractivity contribution is 7.17. The summed E-state index contributed by atoms with van der Waals surface area (Å²) in [6.45, 7) is 6.90. The number of aliphatic hydroxyl groups is 1. The Morgan fingerprint density at radius 3 is 2.74 bits per heavy atom. The van der Waals surface area contributed by atoms with E-state index in [4.69, 9.17) is 4.42 Å². The van der Waals surface area contributed by atoms with Crippen molar-refractivity contribution in [1.82, 2.24) is 19.5 Å². The minimum Gasteiger partial charge on any atom is -0.492 e. The molecule has 0 radical (unpaired) electrons. The highest BCUT2D eigenvalue weighted by Gasteiger charge is 2.30. The molecule has 0 fully saturated rings. The highest BCUT2D eigenvalue weighted by atomic mass is 32.1. The predicted molar refractivity (Wildman–Crippen MR) is 86.9 cm³/mol. The van der Waals surface area contributed by atoms with Gasteiger partial charge in [0.15, 0.2) is 0 Å². The molecule has 3 heterocycles. The van der Waals surface area contributed by atoms with Crippen molar-refractivity contribution >= 4 is 16.3 Å². The zero-order valence-corrected chi connectivity index (χ0v) is 14.2. The molecule has 0 bridgehead atoms. The monoisotopic (exact) mass is 336 g/mol. The van der Waals surface area contributed by atoms with E-state index in [1.165, 1.54) is 15.9 Å². The average molecular weight is 336 g/mol. The molecular weight excluding hydrogens is 316 g/mol. The van der Waals surface area contributed by atoms with Crippen LogP contribution in [0, 0.1) is 13.8 Å². The maximum atomic E-state index is 10.6. The standard InChI is InChI=1S/C15H20N4O3S/c1-4-18(7-8-20)12(11-6-5-9(2)22-11)13-14(21)19-15(23-13)16-10(3)17-19/h5-6,12,20-21H,4,7-8H2,1-3H3. The summed E-state index contributed by atoms with van der Waals surface area (Å²) >= 11 is 1.38. The summed E-state index contributed by atoms with van der Waals surface area (Å²) in [4.78, 5) is 7.73. The molecule has 7 nitrogen and oxygen atoms in total. The molecule has 8 heteroatoms. The van der Waals surface area contributed by atoms with Crippen molar-refractivity contribution in [3.63, 3.8) is 0 Å². The van der Waals surface area contributed by atoms with Gasteiger partial charge in [0.05, 0.1) is 11.5 Å². The summed E-state index contributed by atoms with van der Waals surface area (Å²) in [6.07, 6.45) is 0. The molecule has 0 saturated carbocycles. The van der Waals surface area contributed by atoms with Crippen LogP contribution in [-0.4, -0.2) is 49.4 Å². The van der Waals surface area contributed by atoms with E-state index >= 15 is 0 Å². The van der Waals surface area contributed by atoms with E-state index in [1.807, 2.05) is 26.0 Å². The first-order valence-corrected chi connectivity index (χ1v) is 8.33. The molecule has 0 aromatic carbocycles. The molecule has 0 aliphatic carbocycles. The molecule has 124 valence electrons. The second-order valence-electron chi connectivity index (χ2n) is 5.35. The van der Waals surface area contributed by atoms with Crippen LogP contribution >= 0.6 is 11.3 Å². The van der Waals surface area contributed by atoms with Gasteiger partial charge in [0.25, 0.3) is 0 Å². The number of hydrogen-bond acceptors (Lipinski definition) is 7. The second-order valence-corrected chi connectivity index (χ2v) is 6.36. The molecule has 3 aromatic rings. The van der Waals surface area contributed by atoms with Crippen molar-refractivity contribution < 1.29 is 14.6 Å². The third-order valence-corrected chi connectivity index (χ3v) is 4.82. The molecule has 1 atom stereocenters. The first kappa shape index (κ1) is 16.0. The number of aromatic hydroxyl groups is 1. The van der Waals surface area contributed by atoms with Crippen molar-refractivity contribution in [2.75, 3.05) is 19.7 Å². The largest absolute Gasteiger partial charge is 0.492 e. The number of fused-ring (bicyclic) bond motifs is 1. The first-order chi connectivity index (χ1) is 11.0. The van der Waals surface area contributed by atoms with Gasteiger partial charge in [-0.3, -0.25) is 4.90 Å². The second kappa shape index (κ2) is 6.31. The van der Waals surface area contributed by atoms with E-state index in [2.05, 4.69) is 15.0 Å². The average Bonchev–Trinajstić information content (AvgIpc) is 3.17. The lowest BCUT2D eigenvalue weighted by Crippen LogP contribution is -2.31. The van der Waals surface area contributed by atoms with Crippen molar-refractivity contribution in [2.24, 2.45) is 0 Å². The fourth-order valence-corrected chi connectivity index (χ4v) is 3.84. The Balaban J connectivity index is 2.12. The van der Waals surface area contributed by atoms with Crippen molar-refractivity contribution in [3.05, 3.63) is 34.4 Å². The predicted octanol–water partition coefficient (Wildman–Crippen LogP) is 2.11. The zero-order valence-electron chi connectivity index (χ0n) is 13.4. The van der Waals surface area contributed by atoms with Gasteiger partial charge in [-0.15, -0.1) is 5.10 Å². The molecule has 1 unspecified atom stereocenters. The normalized spacial score (nSPS) is 13.3. The topological polar surface area (TPSA) is 87.0 Å². The minimum atomic E-state index is -0.283. The van der Waals surface area contributed by atoms with Crippen LogP contribution in [0.5, 0.6) is 5.88 Å². The Hall–Kier alpha value is -1.90. The summed E-state index contributed by atoms with van der Waals surface area (Å²) in [5.41, 5.74) is 0. The summed E-state index contributed by atoms with van der Waals surface area (Å²) in [6, 6.07) is 3.52. The smallest absolute Gasteiger partial charge is 0.230 e. The molecule has 0 aliphatic rings. The lowest BCUT2D eigenvalue weighted by molar-refractivity contribution is 0.161. The van der Waals surface area contributed by atoms with Gasteiger partial charge in [0, 0.05) is 6.54 Å². The maximum absolute atomic E-state index is 10.6. The van der Waals surface area contributed by atoms with Crippen LogP contribution in [0.25, 0.3) is 4.96 Å². The van der Waals surface area contributed by atoms with Crippen LogP contribution in [0.2, 0.25) is 0 Å². The number of likely N-dealkylation sites (N-methyl/N-ethyl adjacent to an activating group) is 1. The number of aryl methyl sites for hydroxylation is 2. The summed E-state index contributed by atoms with van der Waals surface area (Å²) in [7, 11) is 0. The van der Waals surface area contributed by atoms with Crippen LogP contribution in [0.4, 0.5) is 0 Å². The molecule has 0 spiro atoms. The van der Waals surface area contributed by atoms with Gasteiger partial charge in [-0.05, 0) is 32.5 Å². The quantitative estimate of drug-likeness (QED) is 0.717. The Bertz CT molecular complexity index is 807. The molecule has 2 N–H and O–H groups in total. The van der Waals surface area contributed by atoms with Crippen LogP contribution in [0.15, 0.2) is 16.5 Å². The van der Waals surface area contributed by atoms with Gasteiger partial charge >= 0.3 is 0 Å². The molecule has 0 saturated heterocycles. The van der Waals surface area contributed by atoms with Gasteiger partial charge in [-0.2, -0.15) is 4.52 Å². The van der Waals surface area contributed by atoms with Gasteiger partial charge < -0.3 is 14.6 Å².